The number of benzene rings is 4. The Morgan fingerprint density at radius 3 is 1.60 bits per heavy atom. The van der Waals surface area contributed by atoms with Crippen molar-refractivity contribution >= 4 is 12.4 Å². The van der Waals surface area contributed by atoms with Crippen molar-refractivity contribution in [1.82, 2.24) is 0 Å². The summed E-state index contributed by atoms with van der Waals surface area (Å²) in [5.41, 5.74) is 11.7. The van der Waals surface area contributed by atoms with Gasteiger partial charge in [-0.3, -0.25) is 9.98 Å². The molecule has 2 aliphatic carbocycles. The van der Waals surface area contributed by atoms with Crippen molar-refractivity contribution in [1.29, 1.82) is 0 Å². The van der Waals surface area contributed by atoms with E-state index in [1.165, 1.54) is 64.6 Å². The molecule has 0 fully saturated rings. The van der Waals surface area contributed by atoms with Gasteiger partial charge in [-0.2, -0.15) is 0 Å². The first-order valence-electron chi connectivity index (χ1n) is 18.3. The Morgan fingerprint density at radius 1 is 0.542 bits per heavy atom. The molecular weight excluding hydrogens is 588 g/mol. The van der Waals surface area contributed by atoms with Gasteiger partial charge in [0.1, 0.15) is 11.5 Å². The van der Waals surface area contributed by atoms with Crippen molar-refractivity contribution < 1.29 is 10.2 Å². The molecule has 0 amide bonds. The monoisotopic (exact) mass is 640 g/mol. The first kappa shape index (κ1) is 33.7. The van der Waals surface area contributed by atoms with E-state index in [0.29, 0.717) is 13.1 Å². The lowest BCUT2D eigenvalue weighted by Crippen LogP contribution is -2.25. The zero-order chi connectivity index (χ0) is 33.7. The predicted octanol–water partition coefficient (Wildman–Crippen LogP) is 11.1. The standard InChI is InChI=1S/C44H52N2O2/c1-5-8-20-43(4)37-18-13-11-16-33(37)35-27-41(47)31(25-39(35)43)29-45-23-15-24-46-30-32-26-40-36(28-42(32)48)34-17-12-14-19-38(34)44(40,21-9-6-2)22-10-7-3/h11-14,16-19,25-30,47-48H,5-10,15,20-24H2,1-4H3/t43-/m0/s1. The van der Waals surface area contributed by atoms with Crippen LogP contribution in [0.2, 0.25) is 0 Å². The minimum atomic E-state index is -0.0650. The molecule has 4 aromatic rings. The second-order valence-electron chi connectivity index (χ2n) is 14.2. The summed E-state index contributed by atoms with van der Waals surface area (Å²) < 4.78 is 0. The molecule has 0 aliphatic heterocycles. The summed E-state index contributed by atoms with van der Waals surface area (Å²) >= 11 is 0. The first-order chi connectivity index (χ1) is 23.4. The largest absolute Gasteiger partial charge is 0.507 e. The van der Waals surface area contributed by atoms with Gasteiger partial charge in [0.15, 0.2) is 0 Å². The van der Waals surface area contributed by atoms with Crippen molar-refractivity contribution in [2.45, 2.75) is 103 Å². The van der Waals surface area contributed by atoms with Crippen LogP contribution < -0.4 is 0 Å². The van der Waals surface area contributed by atoms with Crippen LogP contribution in [-0.2, 0) is 10.8 Å². The van der Waals surface area contributed by atoms with Crippen LogP contribution in [0.5, 0.6) is 11.5 Å². The third-order valence-corrected chi connectivity index (χ3v) is 11.0. The maximum Gasteiger partial charge on any atom is 0.124 e. The quantitative estimate of drug-likeness (QED) is 0.100. The summed E-state index contributed by atoms with van der Waals surface area (Å²) in [5, 5.41) is 22.0. The average Bonchev–Trinajstić information content (AvgIpc) is 3.50. The van der Waals surface area contributed by atoms with Crippen LogP contribution in [-0.4, -0.2) is 35.7 Å². The van der Waals surface area contributed by atoms with Gasteiger partial charge in [0, 0.05) is 47.5 Å². The van der Waals surface area contributed by atoms with Gasteiger partial charge in [-0.15, -0.1) is 0 Å². The number of nitrogens with zero attached hydrogens (tertiary/aromatic N) is 2. The SMILES string of the molecule is CCCCC1(CCCC)c2ccccc2-c2cc(O)c(C=NCCCN=Cc3cc4c(cc3O)-c3ccccc3[C@]4(C)CCCC)cc21. The number of hydrogen-bond donors (Lipinski definition) is 2. The maximum atomic E-state index is 11.1. The number of hydrogen-bond acceptors (Lipinski definition) is 4. The van der Waals surface area contributed by atoms with E-state index in [9.17, 15) is 10.2 Å². The van der Waals surface area contributed by atoms with E-state index in [2.05, 4.69) is 93.4 Å². The summed E-state index contributed by atoms with van der Waals surface area (Å²) in [7, 11) is 0. The molecule has 4 nitrogen and oxygen atoms in total. The topological polar surface area (TPSA) is 65.2 Å². The highest BCUT2D eigenvalue weighted by molar-refractivity contribution is 5.91. The van der Waals surface area contributed by atoms with E-state index in [0.717, 1.165) is 55.2 Å². The summed E-state index contributed by atoms with van der Waals surface area (Å²) in [5.74, 6) is 0.556. The van der Waals surface area contributed by atoms with Crippen LogP contribution >= 0.6 is 0 Å². The second-order valence-corrected chi connectivity index (χ2v) is 14.2. The third-order valence-electron chi connectivity index (χ3n) is 11.0. The number of rotatable bonds is 15. The lowest BCUT2D eigenvalue weighted by molar-refractivity contribution is 0.413. The summed E-state index contributed by atoms with van der Waals surface area (Å²) in [6.45, 7) is 10.4. The van der Waals surface area contributed by atoms with Crippen molar-refractivity contribution in [2.24, 2.45) is 9.98 Å². The Hall–Kier alpha value is -4.18. The van der Waals surface area contributed by atoms with Gasteiger partial charge in [-0.25, -0.2) is 0 Å². The maximum absolute atomic E-state index is 11.1. The highest BCUT2D eigenvalue weighted by Crippen LogP contribution is 2.55. The zero-order valence-electron chi connectivity index (χ0n) is 29.4. The fourth-order valence-electron chi connectivity index (χ4n) is 8.34. The fraction of sp³-hybridized carbons (Fsp3) is 0.409. The smallest absolute Gasteiger partial charge is 0.124 e. The lowest BCUT2D eigenvalue weighted by Gasteiger charge is -2.33. The third kappa shape index (κ3) is 6.11. The molecule has 1 atom stereocenters. The van der Waals surface area contributed by atoms with Crippen LogP contribution in [0.3, 0.4) is 0 Å². The van der Waals surface area contributed by atoms with Gasteiger partial charge >= 0.3 is 0 Å². The van der Waals surface area contributed by atoms with Gasteiger partial charge in [0.2, 0.25) is 0 Å². The molecule has 0 spiro atoms. The van der Waals surface area contributed by atoms with Crippen LogP contribution in [0.1, 0.15) is 125 Å². The zero-order valence-corrected chi connectivity index (χ0v) is 29.4. The number of aliphatic imine (C=N–C) groups is 2. The molecule has 0 radical (unpaired) electrons. The van der Waals surface area contributed by atoms with Crippen LogP contribution in [0.15, 0.2) is 82.8 Å². The van der Waals surface area contributed by atoms with Gasteiger partial charge in [0.25, 0.3) is 0 Å². The van der Waals surface area contributed by atoms with E-state index >= 15 is 0 Å². The van der Waals surface area contributed by atoms with Gasteiger partial charge in [-0.05, 0) is 94.5 Å². The second kappa shape index (κ2) is 14.5. The number of fused-ring (bicyclic) bond motifs is 6. The lowest BCUT2D eigenvalue weighted by atomic mass is 9.70. The van der Waals surface area contributed by atoms with E-state index in [1.54, 1.807) is 0 Å². The first-order valence-corrected chi connectivity index (χ1v) is 18.3. The van der Waals surface area contributed by atoms with Gasteiger partial charge in [0.05, 0.1) is 0 Å². The number of phenolic OH excluding ortho intramolecular Hbond substituents is 2. The van der Waals surface area contributed by atoms with Crippen LogP contribution in [0, 0.1) is 0 Å². The molecule has 0 saturated heterocycles. The summed E-state index contributed by atoms with van der Waals surface area (Å²) in [6, 6.07) is 25.7. The Morgan fingerprint density at radius 2 is 1.02 bits per heavy atom. The van der Waals surface area contributed by atoms with E-state index in [1.807, 2.05) is 24.6 Å². The molecule has 48 heavy (non-hydrogen) atoms. The molecule has 250 valence electrons. The van der Waals surface area contributed by atoms with Gasteiger partial charge in [-0.1, -0.05) is 115 Å². The molecule has 4 heteroatoms. The molecule has 0 unspecified atom stereocenters. The number of aromatic hydroxyl groups is 2. The summed E-state index contributed by atoms with van der Waals surface area (Å²) in [4.78, 5) is 9.41. The molecular formula is C44H52N2O2. The van der Waals surface area contributed by atoms with Crippen LogP contribution in [0.4, 0.5) is 0 Å². The summed E-state index contributed by atoms with van der Waals surface area (Å²) in [6.07, 6.45) is 14.8. The molecule has 0 aromatic heterocycles. The van der Waals surface area contributed by atoms with Gasteiger partial charge < -0.3 is 10.2 Å². The minimum Gasteiger partial charge on any atom is -0.507 e. The average molecular weight is 641 g/mol. The molecule has 2 N–H and O–H groups in total. The highest BCUT2D eigenvalue weighted by atomic mass is 16.3. The van der Waals surface area contributed by atoms with Crippen molar-refractivity contribution in [3.05, 3.63) is 106 Å². The predicted molar refractivity (Wildman–Crippen MR) is 202 cm³/mol. The van der Waals surface area contributed by atoms with Crippen molar-refractivity contribution in [3.8, 4) is 33.8 Å². The Labute approximate surface area is 287 Å². The Kier molecular flexibility index (Phi) is 10.2. The van der Waals surface area contributed by atoms with Crippen molar-refractivity contribution in [2.75, 3.05) is 13.1 Å². The van der Waals surface area contributed by atoms with E-state index in [4.69, 9.17) is 4.99 Å². The van der Waals surface area contributed by atoms with Crippen molar-refractivity contribution in [3.63, 3.8) is 0 Å². The normalized spacial score (nSPS) is 17.2. The fourth-order valence-corrected chi connectivity index (χ4v) is 8.34. The van der Waals surface area contributed by atoms with Crippen LogP contribution in [0.25, 0.3) is 22.3 Å². The molecule has 2 aliphatic rings. The molecule has 6 rings (SSSR count). The Balaban J connectivity index is 1.15. The minimum absolute atomic E-state index is 0.0116. The van der Waals surface area contributed by atoms with E-state index < -0.39 is 0 Å². The Bertz CT molecular complexity index is 1810. The number of unbranched alkanes of at least 4 members (excludes halogenated alkanes) is 3. The molecule has 0 heterocycles. The molecule has 0 saturated carbocycles. The number of phenols is 2. The molecule has 0 bridgehead atoms. The highest BCUT2D eigenvalue weighted by Gasteiger charge is 2.42. The van der Waals surface area contributed by atoms with E-state index in [-0.39, 0.29) is 22.3 Å². The molecule has 4 aromatic carbocycles.